The van der Waals surface area contributed by atoms with Gasteiger partial charge in [0.15, 0.2) is 11.5 Å². The summed E-state index contributed by atoms with van der Waals surface area (Å²) in [6, 6.07) is 8.62. The Hall–Kier alpha value is -3.05. The highest BCUT2D eigenvalue weighted by Crippen LogP contribution is 2.32. The van der Waals surface area contributed by atoms with Crippen molar-refractivity contribution in [2.75, 3.05) is 20.0 Å². The number of aromatic nitrogens is 2. The molecule has 146 valence electrons. The number of nitrogens with one attached hydrogen (secondary N) is 2. The minimum atomic E-state index is -0.402. The Bertz CT molecular complexity index is 958. The molecular weight excluding hydrogens is 404 g/mol. The molecule has 0 aliphatic carbocycles. The van der Waals surface area contributed by atoms with Crippen LogP contribution in [0.25, 0.3) is 11.5 Å². The molecule has 0 saturated heterocycles. The monoisotopic (exact) mass is 420 g/mol. The van der Waals surface area contributed by atoms with Crippen molar-refractivity contribution in [1.82, 2.24) is 21.0 Å². The van der Waals surface area contributed by atoms with Crippen LogP contribution in [-0.4, -0.2) is 42.0 Å². The molecule has 0 aliphatic heterocycles. The quantitative estimate of drug-likeness (QED) is 0.442. The molecule has 2 aromatic heterocycles. The Morgan fingerprint density at radius 3 is 2.68 bits per heavy atom. The van der Waals surface area contributed by atoms with Gasteiger partial charge in [0.25, 0.3) is 11.1 Å². The third-order valence-electron chi connectivity index (χ3n) is 3.42. The third kappa shape index (κ3) is 4.81. The first kappa shape index (κ1) is 19.7. The Kier molecular flexibility index (Phi) is 6.50. The number of thiophene rings is 1. The molecule has 0 atom stereocenters. The summed E-state index contributed by atoms with van der Waals surface area (Å²) in [5.74, 6) is 0.630. The largest absolute Gasteiger partial charge is 0.493 e. The number of thioether (sulfide) groups is 1. The summed E-state index contributed by atoms with van der Waals surface area (Å²) >= 11 is 2.33. The van der Waals surface area contributed by atoms with E-state index in [0.717, 1.165) is 11.8 Å². The fourth-order valence-electron chi connectivity index (χ4n) is 2.11. The molecule has 3 aromatic rings. The summed E-state index contributed by atoms with van der Waals surface area (Å²) < 4.78 is 16.0. The van der Waals surface area contributed by atoms with E-state index < -0.39 is 5.91 Å². The number of hydrazine groups is 1. The normalized spacial score (nSPS) is 10.4. The molecule has 2 amide bonds. The number of amides is 2. The number of hydrogen-bond acceptors (Lipinski definition) is 9. The number of hydrogen-bond donors (Lipinski definition) is 2. The molecule has 0 fully saturated rings. The molecule has 0 spiro atoms. The molecule has 9 nitrogen and oxygen atoms in total. The number of rotatable bonds is 7. The highest BCUT2D eigenvalue weighted by Gasteiger charge is 2.14. The molecule has 2 heterocycles. The Balaban J connectivity index is 1.53. The fourth-order valence-corrected chi connectivity index (χ4v) is 3.30. The van der Waals surface area contributed by atoms with Gasteiger partial charge in [-0.05, 0) is 29.6 Å². The van der Waals surface area contributed by atoms with E-state index in [9.17, 15) is 9.59 Å². The fraction of sp³-hybridized carbons (Fsp3) is 0.176. The van der Waals surface area contributed by atoms with Gasteiger partial charge in [-0.15, -0.1) is 21.5 Å². The van der Waals surface area contributed by atoms with E-state index in [1.54, 1.807) is 42.8 Å². The Morgan fingerprint density at radius 2 is 1.96 bits per heavy atom. The molecule has 11 heteroatoms. The molecule has 2 N–H and O–H groups in total. The highest BCUT2D eigenvalue weighted by atomic mass is 32.2. The standard InChI is InChI=1S/C17H16N4O5S2/c1-24-11-6-5-10(8-12(11)25-2)16-20-21-17(26-16)28-9-14(22)18-19-15(23)13-4-3-7-27-13/h3-8H,9H2,1-2H3,(H,18,22)(H,19,23). The van der Waals surface area contributed by atoms with E-state index >= 15 is 0 Å². The first-order valence-electron chi connectivity index (χ1n) is 7.92. The summed E-state index contributed by atoms with van der Waals surface area (Å²) in [7, 11) is 3.08. The van der Waals surface area contributed by atoms with Crippen LogP contribution in [0.2, 0.25) is 0 Å². The lowest BCUT2D eigenvalue weighted by Crippen LogP contribution is -2.42. The van der Waals surface area contributed by atoms with Crippen LogP contribution >= 0.6 is 23.1 Å². The number of nitrogens with zero attached hydrogens (tertiary/aromatic N) is 2. The van der Waals surface area contributed by atoms with Crippen LogP contribution in [0.4, 0.5) is 0 Å². The average molecular weight is 420 g/mol. The Labute approximate surface area is 168 Å². The lowest BCUT2D eigenvalue weighted by atomic mass is 10.2. The third-order valence-corrected chi connectivity index (χ3v) is 5.11. The van der Waals surface area contributed by atoms with E-state index in [4.69, 9.17) is 13.9 Å². The van der Waals surface area contributed by atoms with Crippen LogP contribution in [0, 0.1) is 0 Å². The van der Waals surface area contributed by atoms with Crippen LogP contribution in [0.5, 0.6) is 11.5 Å². The van der Waals surface area contributed by atoms with Gasteiger partial charge in [0.05, 0.1) is 24.8 Å². The molecule has 0 unspecified atom stereocenters. The van der Waals surface area contributed by atoms with Crippen LogP contribution in [0.1, 0.15) is 9.67 Å². The second kappa shape index (κ2) is 9.24. The van der Waals surface area contributed by atoms with Gasteiger partial charge in [-0.25, -0.2) is 0 Å². The summed E-state index contributed by atoms with van der Waals surface area (Å²) in [5, 5.41) is 9.88. The van der Waals surface area contributed by atoms with Crippen molar-refractivity contribution in [3.05, 3.63) is 40.6 Å². The lowest BCUT2D eigenvalue weighted by molar-refractivity contribution is -0.119. The van der Waals surface area contributed by atoms with Crippen molar-refractivity contribution in [1.29, 1.82) is 0 Å². The van der Waals surface area contributed by atoms with E-state index in [2.05, 4.69) is 21.0 Å². The second-order valence-electron chi connectivity index (χ2n) is 5.21. The summed E-state index contributed by atoms with van der Waals surface area (Å²) in [6.07, 6.45) is 0. The maximum absolute atomic E-state index is 11.9. The molecule has 28 heavy (non-hydrogen) atoms. The van der Waals surface area contributed by atoms with E-state index in [1.165, 1.54) is 18.4 Å². The number of methoxy groups -OCH3 is 2. The van der Waals surface area contributed by atoms with Crippen molar-refractivity contribution < 1.29 is 23.5 Å². The van der Waals surface area contributed by atoms with E-state index in [0.29, 0.717) is 21.9 Å². The minimum Gasteiger partial charge on any atom is -0.493 e. The van der Waals surface area contributed by atoms with Crippen LogP contribution in [-0.2, 0) is 4.79 Å². The number of carbonyl (C=O) groups excluding carboxylic acids is 2. The van der Waals surface area contributed by atoms with Gasteiger partial charge in [-0.3, -0.25) is 20.4 Å². The van der Waals surface area contributed by atoms with Crippen molar-refractivity contribution >= 4 is 34.9 Å². The molecule has 0 saturated carbocycles. The molecule has 1 aromatic carbocycles. The highest BCUT2D eigenvalue weighted by molar-refractivity contribution is 7.99. The van der Waals surface area contributed by atoms with Crippen molar-refractivity contribution in [2.45, 2.75) is 5.22 Å². The first-order chi connectivity index (χ1) is 13.6. The van der Waals surface area contributed by atoms with E-state index in [-0.39, 0.29) is 22.8 Å². The van der Waals surface area contributed by atoms with E-state index in [1.807, 2.05) is 0 Å². The summed E-state index contributed by atoms with van der Waals surface area (Å²) in [4.78, 5) is 24.1. The van der Waals surface area contributed by atoms with Gasteiger partial charge in [0, 0.05) is 5.56 Å². The van der Waals surface area contributed by atoms with Crippen LogP contribution < -0.4 is 20.3 Å². The molecule has 0 bridgehead atoms. The maximum Gasteiger partial charge on any atom is 0.279 e. The average Bonchev–Trinajstić information content (AvgIpc) is 3.42. The predicted octanol–water partition coefficient (Wildman–Crippen LogP) is 2.37. The van der Waals surface area contributed by atoms with Gasteiger partial charge < -0.3 is 13.9 Å². The maximum atomic E-state index is 11.9. The van der Waals surface area contributed by atoms with Gasteiger partial charge in [0.2, 0.25) is 11.8 Å². The van der Waals surface area contributed by atoms with Gasteiger partial charge in [-0.2, -0.15) is 0 Å². The number of ether oxygens (including phenoxy) is 2. The number of benzene rings is 1. The SMILES string of the molecule is COc1ccc(-c2nnc(SCC(=O)NNC(=O)c3cccs3)o2)cc1OC. The topological polar surface area (TPSA) is 116 Å². The van der Waals surface area contributed by atoms with Crippen LogP contribution in [0.15, 0.2) is 45.4 Å². The number of carbonyl (C=O) groups is 2. The second-order valence-corrected chi connectivity index (χ2v) is 7.09. The van der Waals surface area contributed by atoms with Gasteiger partial charge in [0.1, 0.15) is 0 Å². The zero-order chi connectivity index (χ0) is 19.9. The smallest absolute Gasteiger partial charge is 0.279 e. The van der Waals surface area contributed by atoms with Crippen molar-refractivity contribution in [3.63, 3.8) is 0 Å². The first-order valence-corrected chi connectivity index (χ1v) is 9.78. The molecular formula is C17H16N4O5S2. The Morgan fingerprint density at radius 1 is 1.14 bits per heavy atom. The van der Waals surface area contributed by atoms with Crippen molar-refractivity contribution in [3.8, 4) is 23.0 Å². The zero-order valence-corrected chi connectivity index (χ0v) is 16.6. The molecule has 0 radical (unpaired) electrons. The lowest BCUT2D eigenvalue weighted by Gasteiger charge is -2.07. The minimum absolute atomic E-state index is 0.00170. The predicted molar refractivity (Wildman–Crippen MR) is 103 cm³/mol. The summed E-state index contributed by atoms with van der Waals surface area (Å²) in [5.41, 5.74) is 5.33. The van der Waals surface area contributed by atoms with Crippen LogP contribution in [0.3, 0.4) is 0 Å². The molecule has 0 aliphatic rings. The van der Waals surface area contributed by atoms with Crippen molar-refractivity contribution in [2.24, 2.45) is 0 Å². The summed E-state index contributed by atoms with van der Waals surface area (Å²) in [6.45, 7) is 0. The zero-order valence-electron chi connectivity index (χ0n) is 14.9. The molecule has 3 rings (SSSR count). The van der Waals surface area contributed by atoms with Gasteiger partial charge in [-0.1, -0.05) is 17.8 Å². The van der Waals surface area contributed by atoms with Gasteiger partial charge >= 0.3 is 0 Å².